The summed E-state index contributed by atoms with van der Waals surface area (Å²) in [5.41, 5.74) is 1.36. The Balaban J connectivity index is 1.38. The number of carbonyl (C=O) groups is 1. The van der Waals surface area contributed by atoms with Crippen LogP contribution in [-0.4, -0.2) is 25.8 Å². The summed E-state index contributed by atoms with van der Waals surface area (Å²) in [7, 11) is 0. The molecule has 2 aromatic heterocycles. The average molecular weight is 372 g/mol. The molecule has 0 fully saturated rings. The third-order valence-corrected chi connectivity index (χ3v) is 3.73. The predicted molar refractivity (Wildman–Crippen MR) is 105 cm³/mol. The number of hydrogen-bond acceptors (Lipinski definition) is 5. The Morgan fingerprint density at radius 1 is 0.893 bits per heavy atom. The lowest BCUT2D eigenvalue weighted by atomic mass is 10.3. The quantitative estimate of drug-likeness (QED) is 0.550. The molecule has 0 aliphatic heterocycles. The lowest BCUT2D eigenvalue weighted by Crippen LogP contribution is -2.19. The van der Waals surface area contributed by atoms with Gasteiger partial charge in [0.15, 0.2) is 5.82 Å². The molecule has 0 atom stereocenters. The van der Waals surface area contributed by atoms with Crippen molar-refractivity contribution in [1.29, 1.82) is 0 Å². The molecular formula is C20H16N6O2. The third kappa shape index (κ3) is 4.31. The van der Waals surface area contributed by atoms with Gasteiger partial charge in [0.2, 0.25) is 5.88 Å². The Morgan fingerprint density at radius 3 is 2.36 bits per heavy atom. The standard InChI is InChI=1S/C20H16N6O2/c27-20(24-15-5-2-1-3-6-15)25-16-7-9-17(10-8-16)28-19-13-18(21-14-22-19)26-12-4-11-23-26/h1-14H,(H2,24,25,27). The highest BCUT2D eigenvalue weighted by molar-refractivity contribution is 5.99. The molecule has 0 aliphatic rings. The molecule has 8 heteroatoms. The fraction of sp³-hybridized carbons (Fsp3) is 0. The molecule has 0 bridgehead atoms. The molecular weight excluding hydrogens is 356 g/mol. The zero-order valence-electron chi connectivity index (χ0n) is 14.7. The van der Waals surface area contributed by atoms with Crippen LogP contribution in [0.5, 0.6) is 11.6 Å². The molecule has 0 saturated heterocycles. The number of aromatic nitrogens is 4. The van der Waals surface area contributed by atoms with Crippen LogP contribution >= 0.6 is 0 Å². The molecule has 0 aliphatic carbocycles. The summed E-state index contributed by atoms with van der Waals surface area (Å²) in [6.07, 6.45) is 4.87. The van der Waals surface area contributed by atoms with E-state index < -0.39 is 0 Å². The van der Waals surface area contributed by atoms with E-state index in [1.165, 1.54) is 6.33 Å². The molecule has 28 heavy (non-hydrogen) atoms. The second kappa shape index (κ2) is 8.00. The molecule has 138 valence electrons. The van der Waals surface area contributed by atoms with Gasteiger partial charge in [0, 0.05) is 29.8 Å². The van der Waals surface area contributed by atoms with Crippen LogP contribution < -0.4 is 15.4 Å². The molecule has 2 aromatic carbocycles. The topological polar surface area (TPSA) is 94.0 Å². The van der Waals surface area contributed by atoms with Gasteiger partial charge in [-0.15, -0.1) is 0 Å². The summed E-state index contributed by atoms with van der Waals surface area (Å²) >= 11 is 0. The van der Waals surface area contributed by atoms with Crippen molar-refractivity contribution in [3.05, 3.63) is 85.5 Å². The Kier molecular flexibility index (Phi) is 4.92. The number of para-hydroxylation sites is 1. The maximum absolute atomic E-state index is 12.0. The van der Waals surface area contributed by atoms with Crippen molar-refractivity contribution < 1.29 is 9.53 Å². The van der Waals surface area contributed by atoms with Crippen LogP contribution in [0.25, 0.3) is 5.82 Å². The van der Waals surface area contributed by atoms with Crippen LogP contribution in [0.15, 0.2) is 85.5 Å². The highest BCUT2D eigenvalue weighted by Gasteiger charge is 2.05. The highest BCUT2D eigenvalue weighted by Crippen LogP contribution is 2.22. The van der Waals surface area contributed by atoms with Gasteiger partial charge in [-0.05, 0) is 42.5 Å². The SMILES string of the molecule is O=C(Nc1ccccc1)Nc1ccc(Oc2cc(-n3cccn3)ncn2)cc1. The second-order valence-corrected chi connectivity index (χ2v) is 5.74. The molecule has 8 nitrogen and oxygen atoms in total. The average Bonchev–Trinajstić information content (AvgIpc) is 3.25. The van der Waals surface area contributed by atoms with Crippen LogP contribution in [0.2, 0.25) is 0 Å². The molecule has 0 unspecified atom stereocenters. The van der Waals surface area contributed by atoms with Crippen LogP contribution in [0.4, 0.5) is 16.2 Å². The van der Waals surface area contributed by atoms with Crippen molar-refractivity contribution in [2.75, 3.05) is 10.6 Å². The number of benzene rings is 2. The van der Waals surface area contributed by atoms with E-state index in [0.29, 0.717) is 23.1 Å². The summed E-state index contributed by atoms with van der Waals surface area (Å²) in [6, 6.07) is 19.4. The van der Waals surface area contributed by atoms with Crippen LogP contribution in [0.1, 0.15) is 0 Å². The lowest BCUT2D eigenvalue weighted by molar-refractivity contribution is 0.262. The zero-order valence-corrected chi connectivity index (χ0v) is 14.7. The molecule has 2 N–H and O–H groups in total. The first-order valence-electron chi connectivity index (χ1n) is 8.49. The summed E-state index contributed by atoms with van der Waals surface area (Å²) < 4.78 is 7.37. The van der Waals surface area contributed by atoms with Crippen LogP contribution in [0, 0.1) is 0 Å². The van der Waals surface area contributed by atoms with E-state index in [2.05, 4.69) is 25.7 Å². The number of nitrogens with zero attached hydrogens (tertiary/aromatic N) is 4. The number of anilines is 2. The highest BCUT2D eigenvalue weighted by atomic mass is 16.5. The Morgan fingerprint density at radius 2 is 1.64 bits per heavy atom. The van der Waals surface area contributed by atoms with Gasteiger partial charge in [-0.3, -0.25) is 0 Å². The lowest BCUT2D eigenvalue weighted by Gasteiger charge is -2.09. The summed E-state index contributed by atoms with van der Waals surface area (Å²) in [5.74, 6) is 1.58. The predicted octanol–water partition coefficient (Wildman–Crippen LogP) is 4.10. The van der Waals surface area contributed by atoms with Gasteiger partial charge in [-0.25, -0.2) is 19.4 Å². The maximum atomic E-state index is 12.0. The van der Waals surface area contributed by atoms with E-state index in [1.54, 1.807) is 47.4 Å². The van der Waals surface area contributed by atoms with Gasteiger partial charge in [0.05, 0.1) is 0 Å². The van der Waals surface area contributed by atoms with E-state index in [4.69, 9.17) is 4.74 Å². The molecule has 0 saturated carbocycles. The number of nitrogens with one attached hydrogen (secondary N) is 2. The molecule has 2 amide bonds. The molecule has 2 heterocycles. The number of ether oxygens (including phenoxy) is 1. The first-order chi connectivity index (χ1) is 13.8. The van der Waals surface area contributed by atoms with Crippen molar-refractivity contribution in [1.82, 2.24) is 19.7 Å². The number of rotatable bonds is 5. The van der Waals surface area contributed by atoms with Crippen LogP contribution in [-0.2, 0) is 0 Å². The van der Waals surface area contributed by atoms with Gasteiger partial charge < -0.3 is 15.4 Å². The number of urea groups is 1. The molecule has 4 rings (SSSR count). The van der Waals surface area contributed by atoms with Gasteiger partial charge in [0.1, 0.15) is 12.1 Å². The van der Waals surface area contributed by atoms with Gasteiger partial charge in [-0.1, -0.05) is 18.2 Å². The van der Waals surface area contributed by atoms with E-state index in [-0.39, 0.29) is 6.03 Å². The minimum atomic E-state index is -0.320. The van der Waals surface area contributed by atoms with E-state index >= 15 is 0 Å². The maximum Gasteiger partial charge on any atom is 0.323 e. The number of amides is 2. The van der Waals surface area contributed by atoms with Crippen molar-refractivity contribution in [2.45, 2.75) is 0 Å². The van der Waals surface area contributed by atoms with Crippen LogP contribution in [0.3, 0.4) is 0 Å². The smallest absolute Gasteiger partial charge is 0.323 e. The number of hydrogen-bond donors (Lipinski definition) is 2. The fourth-order valence-electron chi connectivity index (χ4n) is 2.46. The van der Waals surface area contributed by atoms with Gasteiger partial charge in [0.25, 0.3) is 0 Å². The van der Waals surface area contributed by atoms with E-state index in [1.807, 2.05) is 36.4 Å². The minimum Gasteiger partial charge on any atom is -0.439 e. The third-order valence-electron chi connectivity index (χ3n) is 3.73. The first kappa shape index (κ1) is 17.2. The van der Waals surface area contributed by atoms with Crippen molar-refractivity contribution in [3.63, 3.8) is 0 Å². The molecule has 4 aromatic rings. The zero-order chi connectivity index (χ0) is 19.2. The Bertz CT molecular complexity index is 1050. The summed E-state index contributed by atoms with van der Waals surface area (Å²) in [4.78, 5) is 20.3. The van der Waals surface area contributed by atoms with Gasteiger partial charge >= 0.3 is 6.03 Å². The van der Waals surface area contributed by atoms with Crippen molar-refractivity contribution in [2.24, 2.45) is 0 Å². The minimum absolute atomic E-state index is 0.320. The monoisotopic (exact) mass is 372 g/mol. The molecule has 0 radical (unpaired) electrons. The molecule has 0 spiro atoms. The van der Waals surface area contributed by atoms with E-state index in [9.17, 15) is 4.79 Å². The first-order valence-corrected chi connectivity index (χ1v) is 8.49. The van der Waals surface area contributed by atoms with Crippen molar-refractivity contribution >= 4 is 17.4 Å². The number of carbonyl (C=O) groups excluding carboxylic acids is 1. The summed E-state index contributed by atoms with van der Waals surface area (Å²) in [6.45, 7) is 0. The second-order valence-electron chi connectivity index (χ2n) is 5.74. The van der Waals surface area contributed by atoms with Gasteiger partial charge in [-0.2, -0.15) is 5.10 Å². The normalized spacial score (nSPS) is 10.3. The van der Waals surface area contributed by atoms with E-state index in [0.717, 1.165) is 5.69 Å². The fourth-order valence-corrected chi connectivity index (χ4v) is 2.46. The van der Waals surface area contributed by atoms with Crippen molar-refractivity contribution in [3.8, 4) is 17.4 Å². The summed E-state index contributed by atoms with van der Waals surface area (Å²) in [5, 5.41) is 9.65. The largest absolute Gasteiger partial charge is 0.439 e. The Labute approximate surface area is 160 Å². The Hall–Kier alpha value is -4.20.